The third-order valence-electron chi connectivity index (χ3n) is 0.583. The summed E-state index contributed by atoms with van der Waals surface area (Å²) in [6.45, 7) is -10.9. The van der Waals surface area contributed by atoms with Crippen LogP contribution in [0.1, 0.15) is 0 Å². The fourth-order valence-electron chi connectivity index (χ4n) is 0. The van der Waals surface area contributed by atoms with E-state index in [9.17, 15) is 35.1 Å². The molecule has 0 heterocycles. The van der Waals surface area contributed by atoms with Gasteiger partial charge in [-0.15, -0.1) is 0 Å². The molecule has 4 N–H and O–H groups in total. The second-order valence-electron chi connectivity index (χ2n) is 1.84. The molecule has 0 rings (SSSR count). The van der Waals surface area contributed by atoms with Crippen LogP contribution in [0.4, 0.5) is 0 Å². The molecule has 0 aromatic rings. The predicted molar refractivity (Wildman–Crippen MR) is 49.2 cm³/mol. The summed E-state index contributed by atoms with van der Waals surface area (Å²) < 4.78 is 74.9. The van der Waals surface area contributed by atoms with Crippen LogP contribution in [-0.2, 0) is 28.6 Å². The van der Waals surface area contributed by atoms with Gasteiger partial charge in [0, 0.05) is 0 Å². The van der Waals surface area contributed by atoms with Crippen molar-refractivity contribution in [1.82, 2.24) is 0 Å². The molecular formula is H4BaO12P2S2. The molecule has 12 nitrogen and oxygen atoms in total. The van der Waals surface area contributed by atoms with Gasteiger partial charge in [0.25, 0.3) is 0 Å². The van der Waals surface area contributed by atoms with Gasteiger partial charge in [-0.2, -0.15) is 0 Å². The summed E-state index contributed by atoms with van der Waals surface area (Å²) in [5, 5.41) is 0. The predicted octanol–water partition coefficient (Wildman–Crippen LogP) is -3.13. The zero-order valence-corrected chi connectivity index (χ0v) is 15.3. The third kappa shape index (κ3) is 11.2. The summed E-state index contributed by atoms with van der Waals surface area (Å²) in [6.07, 6.45) is 0. The van der Waals surface area contributed by atoms with Gasteiger partial charge in [0.15, 0.2) is 19.5 Å². The van der Waals surface area contributed by atoms with E-state index in [1.54, 1.807) is 0 Å². The first-order valence-corrected chi connectivity index (χ1v) is 9.78. The van der Waals surface area contributed by atoms with Gasteiger partial charge >= 0.3 is 62.5 Å². The van der Waals surface area contributed by atoms with Gasteiger partial charge < -0.3 is 28.7 Å². The van der Waals surface area contributed by atoms with Gasteiger partial charge in [0.05, 0.1) is 0 Å². The Morgan fingerprint density at radius 3 is 0.765 bits per heavy atom. The van der Waals surface area contributed by atoms with Crippen LogP contribution in [0.25, 0.3) is 0 Å². The Kier molecular flexibility index (Phi) is 10.4. The number of hydrogen-bond donors (Lipinski definition) is 4. The minimum atomic E-state index is -5.43. The molecule has 0 aliphatic carbocycles. The molecule has 0 unspecified atom stereocenters. The van der Waals surface area contributed by atoms with Crippen molar-refractivity contribution in [3.63, 3.8) is 0 Å². The zero-order chi connectivity index (χ0) is 14.0. The number of hydrogen-bond acceptors (Lipinski definition) is 8. The van der Waals surface area contributed by atoms with E-state index in [1.165, 1.54) is 0 Å². The second-order valence-corrected chi connectivity index (χ2v) is 11.0. The first-order valence-electron chi connectivity index (χ1n) is 2.53. The van der Waals surface area contributed by atoms with Crippen LogP contribution < -0.4 is 0 Å². The minimum absolute atomic E-state index is 0. The van der Waals surface area contributed by atoms with Crippen molar-refractivity contribution in [1.29, 1.82) is 0 Å². The van der Waals surface area contributed by atoms with Crippen molar-refractivity contribution in [3.8, 4) is 0 Å². The monoisotopic (exact) mass is 460 g/mol. The Labute approximate surface area is 135 Å². The summed E-state index contributed by atoms with van der Waals surface area (Å²) in [6, 6.07) is 0. The largest absolute Gasteiger partial charge is 2.00 e. The van der Waals surface area contributed by atoms with Gasteiger partial charge in [-0.3, -0.25) is 0 Å². The molecule has 100 valence electrons. The normalized spacial score (nSPS) is 13.1. The molecule has 0 aromatic carbocycles. The molecule has 0 spiro atoms. The molecule has 0 aliphatic rings. The first-order chi connectivity index (χ1) is 6.50. The van der Waals surface area contributed by atoms with E-state index in [1.807, 2.05) is 0 Å². The van der Waals surface area contributed by atoms with Crippen molar-refractivity contribution < 1.29 is 54.6 Å². The zero-order valence-electron chi connectivity index (χ0n) is 7.47. The maximum Gasteiger partial charge on any atom is 2.00 e. The summed E-state index contributed by atoms with van der Waals surface area (Å²) in [7, 11) is -10.8. The fourth-order valence-corrected chi connectivity index (χ4v) is 0. The molecule has 17 heteroatoms. The van der Waals surface area contributed by atoms with Gasteiger partial charge in [0.1, 0.15) is 0 Å². The molecule has 0 radical (unpaired) electrons. The molecule has 0 fully saturated rings. The van der Waals surface area contributed by atoms with Crippen LogP contribution in [0.5, 0.6) is 0 Å². The Morgan fingerprint density at radius 1 is 0.706 bits per heavy atom. The molecule has 17 heavy (non-hydrogen) atoms. The molecule has 0 atom stereocenters. The summed E-state index contributed by atoms with van der Waals surface area (Å²) in [5.74, 6) is 0. The number of rotatable bonds is 2. The van der Waals surface area contributed by atoms with Gasteiger partial charge in [-0.05, 0) is 0 Å². The Bertz CT molecular complexity index is 461. The van der Waals surface area contributed by atoms with E-state index in [0.717, 1.165) is 0 Å². The molecule has 0 aromatic heterocycles. The van der Waals surface area contributed by atoms with Gasteiger partial charge in [-0.1, -0.05) is 0 Å². The summed E-state index contributed by atoms with van der Waals surface area (Å²) in [4.78, 5) is 30.3. The standard InChI is InChI=1S/Ba.2H3O6PS/c;2*1-7(2,3)8(4,5)6/h;2*(H2,1,2,3)(H,4,5,6)/q+2;;/p-2. The SMILES string of the molecule is O=P(O)(O)S(=O)(=O)[O-].O=P(O)(O)S(=O)(=O)[O-].[Ba+2]. The third-order valence-corrected chi connectivity index (χ3v) is 5.24. The van der Waals surface area contributed by atoms with Crippen LogP contribution >= 0.6 is 13.6 Å². The quantitative estimate of drug-likeness (QED) is 0.182. The summed E-state index contributed by atoms with van der Waals surface area (Å²) >= 11 is 0. The molecule has 0 saturated heterocycles. The molecule has 0 saturated carbocycles. The van der Waals surface area contributed by atoms with Crippen molar-refractivity contribution in [2.24, 2.45) is 0 Å². The average Bonchev–Trinajstić information content (AvgIpc) is 1.77. The van der Waals surface area contributed by atoms with Crippen LogP contribution in [0, 0.1) is 0 Å². The topological polar surface area (TPSA) is 229 Å². The molecular weight excluding hydrogens is 455 g/mol. The maximum absolute atomic E-state index is 9.45. The maximum atomic E-state index is 9.45. The van der Waals surface area contributed by atoms with E-state index in [2.05, 4.69) is 0 Å². The van der Waals surface area contributed by atoms with E-state index in [4.69, 9.17) is 19.6 Å². The first kappa shape index (κ1) is 23.8. The van der Waals surface area contributed by atoms with Crippen LogP contribution in [0.3, 0.4) is 0 Å². The molecule has 0 amide bonds. The van der Waals surface area contributed by atoms with Gasteiger partial charge in [0.2, 0.25) is 0 Å². The average molecular weight is 459 g/mol. The van der Waals surface area contributed by atoms with Crippen LogP contribution in [0.2, 0.25) is 0 Å². The second kappa shape index (κ2) is 7.47. The smallest absolute Gasteiger partial charge is 0.739 e. The van der Waals surface area contributed by atoms with E-state index >= 15 is 0 Å². The minimum Gasteiger partial charge on any atom is -0.739 e. The van der Waals surface area contributed by atoms with Crippen molar-refractivity contribution >= 4 is 82.0 Å². The summed E-state index contributed by atoms with van der Waals surface area (Å²) in [5.41, 5.74) is 0. The Balaban J connectivity index is -0.000000218. The van der Waals surface area contributed by atoms with Gasteiger partial charge in [-0.25, -0.2) is 26.0 Å². The fraction of sp³-hybridized carbons (Fsp3) is 0. The Hall–Kier alpha value is 1.69. The van der Waals surface area contributed by atoms with E-state index < -0.39 is 33.1 Å². The molecule has 0 bridgehead atoms. The van der Waals surface area contributed by atoms with Crippen molar-refractivity contribution in [3.05, 3.63) is 0 Å². The van der Waals surface area contributed by atoms with Crippen molar-refractivity contribution in [2.75, 3.05) is 0 Å². The van der Waals surface area contributed by atoms with Crippen LogP contribution in [0.15, 0.2) is 0 Å². The van der Waals surface area contributed by atoms with Crippen molar-refractivity contribution in [2.45, 2.75) is 0 Å². The van der Waals surface area contributed by atoms with Crippen LogP contribution in [-0.4, -0.2) is 94.4 Å². The Morgan fingerprint density at radius 2 is 0.765 bits per heavy atom. The van der Waals surface area contributed by atoms with E-state index in [-0.39, 0.29) is 48.9 Å². The molecule has 0 aliphatic heterocycles. The van der Waals surface area contributed by atoms with E-state index in [0.29, 0.717) is 0 Å².